The molecule has 0 bridgehead atoms. The lowest BCUT2D eigenvalue weighted by atomic mass is 9.68. The molecule has 31 heavy (non-hydrogen) atoms. The smallest absolute Gasteiger partial charge is 0.255 e. The van der Waals surface area contributed by atoms with E-state index >= 15 is 0 Å². The van der Waals surface area contributed by atoms with Gasteiger partial charge in [0, 0.05) is 51.1 Å². The van der Waals surface area contributed by atoms with Crippen molar-refractivity contribution in [3.8, 4) is 0 Å². The predicted molar refractivity (Wildman–Crippen MR) is 123 cm³/mol. The van der Waals surface area contributed by atoms with Crippen LogP contribution >= 0.6 is 23.2 Å². The second kappa shape index (κ2) is 8.13. The number of nitrogens with zero attached hydrogens (tertiary/aromatic N) is 1. The third kappa shape index (κ3) is 4.25. The van der Waals surface area contributed by atoms with Crippen LogP contribution in [0.1, 0.15) is 45.1 Å². The zero-order valence-electron chi connectivity index (χ0n) is 17.6. The molecule has 2 aliphatic rings. The minimum absolute atomic E-state index is 0.0189. The molecule has 5 nitrogen and oxygen atoms in total. The molecule has 1 amide bonds. The van der Waals surface area contributed by atoms with Gasteiger partial charge in [-0.25, -0.2) is 4.98 Å². The number of ketones is 1. The molecule has 7 heteroatoms. The number of nitrogens with one attached hydrogen (secondary N) is 2. The number of allylic oxidation sites excluding steroid dienone is 3. The number of benzene rings is 1. The highest BCUT2D eigenvalue weighted by molar-refractivity contribution is 6.35. The molecule has 0 saturated carbocycles. The van der Waals surface area contributed by atoms with E-state index in [1.807, 2.05) is 6.92 Å². The second-order valence-electron chi connectivity index (χ2n) is 8.76. The molecule has 1 aliphatic heterocycles. The SMILES string of the molecule is CC1=C(C(=O)Nc2ccccn2)[C@H](c2ccc(Cl)cc2Cl)C2=C(CC(C)(C)CC2=O)N1. The standard InChI is InChI=1S/C24H23Cl2N3O2/c1-13-20(23(31)29-19-6-4-5-9-27-19)21(15-8-7-14(25)10-16(15)26)22-17(28-13)11-24(2,3)12-18(22)30/h4-10,21,28H,11-12H2,1-3H3,(H,27,29,31)/t21-/m0/s1. The summed E-state index contributed by atoms with van der Waals surface area (Å²) >= 11 is 12.7. The second-order valence-corrected chi connectivity index (χ2v) is 9.61. The molecule has 2 N–H and O–H groups in total. The highest BCUT2D eigenvalue weighted by atomic mass is 35.5. The Kier molecular flexibility index (Phi) is 5.67. The summed E-state index contributed by atoms with van der Waals surface area (Å²) in [4.78, 5) is 30.9. The Labute approximate surface area is 191 Å². The molecule has 2 aromatic rings. The molecule has 160 valence electrons. The Bertz CT molecular complexity index is 1140. The molecule has 1 atom stereocenters. The molecule has 0 saturated heterocycles. The van der Waals surface area contributed by atoms with Crippen molar-refractivity contribution in [3.63, 3.8) is 0 Å². The highest BCUT2D eigenvalue weighted by Crippen LogP contribution is 2.48. The largest absolute Gasteiger partial charge is 0.362 e. The third-order valence-electron chi connectivity index (χ3n) is 5.66. The van der Waals surface area contributed by atoms with Crippen LogP contribution < -0.4 is 10.6 Å². The first kappa shape index (κ1) is 21.6. The van der Waals surface area contributed by atoms with E-state index in [-0.39, 0.29) is 17.1 Å². The average Bonchev–Trinajstić information content (AvgIpc) is 2.66. The molecule has 0 radical (unpaired) electrons. The summed E-state index contributed by atoms with van der Waals surface area (Å²) in [6.45, 7) is 5.99. The van der Waals surface area contributed by atoms with Crippen LogP contribution in [0.5, 0.6) is 0 Å². The summed E-state index contributed by atoms with van der Waals surface area (Å²) in [5.74, 6) is -0.465. The van der Waals surface area contributed by atoms with Crippen LogP contribution in [0.15, 0.2) is 65.1 Å². The van der Waals surface area contributed by atoms with Crippen LogP contribution in [0.4, 0.5) is 5.82 Å². The van der Waals surface area contributed by atoms with Gasteiger partial charge in [0.2, 0.25) is 0 Å². The van der Waals surface area contributed by atoms with Crippen molar-refractivity contribution in [1.29, 1.82) is 0 Å². The fourth-order valence-electron chi connectivity index (χ4n) is 4.40. The van der Waals surface area contributed by atoms with Crippen LogP contribution in [-0.4, -0.2) is 16.7 Å². The lowest BCUT2D eigenvalue weighted by Gasteiger charge is -2.39. The highest BCUT2D eigenvalue weighted by Gasteiger charge is 2.43. The minimum atomic E-state index is -0.590. The first-order valence-electron chi connectivity index (χ1n) is 10.1. The summed E-state index contributed by atoms with van der Waals surface area (Å²) in [7, 11) is 0. The van der Waals surface area contributed by atoms with E-state index in [0.717, 1.165) is 5.70 Å². The number of rotatable bonds is 3. The number of pyridine rings is 1. The number of carbonyl (C=O) groups is 2. The van der Waals surface area contributed by atoms with E-state index in [0.29, 0.717) is 51.1 Å². The minimum Gasteiger partial charge on any atom is -0.362 e. The molecule has 4 rings (SSSR count). The molecule has 1 aromatic carbocycles. The number of aromatic nitrogens is 1. The number of dihydropyridines is 1. The topological polar surface area (TPSA) is 71.1 Å². The van der Waals surface area contributed by atoms with Gasteiger partial charge in [0.25, 0.3) is 5.91 Å². The van der Waals surface area contributed by atoms with Crippen molar-refractivity contribution < 1.29 is 9.59 Å². The summed E-state index contributed by atoms with van der Waals surface area (Å²) in [6.07, 6.45) is 2.72. The molecule has 1 aliphatic carbocycles. The van der Waals surface area contributed by atoms with Crippen LogP contribution in [0, 0.1) is 5.41 Å². The van der Waals surface area contributed by atoms with Crippen molar-refractivity contribution in [2.24, 2.45) is 5.41 Å². The molecule has 2 heterocycles. The Morgan fingerprint density at radius 1 is 1.19 bits per heavy atom. The lowest BCUT2D eigenvalue weighted by molar-refractivity contribution is -0.118. The van der Waals surface area contributed by atoms with Gasteiger partial charge < -0.3 is 10.6 Å². The van der Waals surface area contributed by atoms with Gasteiger partial charge >= 0.3 is 0 Å². The van der Waals surface area contributed by atoms with E-state index < -0.39 is 5.92 Å². The fraction of sp³-hybridized carbons (Fsp3) is 0.292. The van der Waals surface area contributed by atoms with E-state index in [9.17, 15) is 9.59 Å². The van der Waals surface area contributed by atoms with E-state index in [4.69, 9.17) is 23.2 Å². The summed E-state index contributed by atoms with van der Waals surface area (Å²) < 4.78 is 0. The summed E-state index contributed by atoms with van der Waals surface area (Å²) in [5, 5.41) is 7.10. The average molecular weight is 456 g/mol. The monoisotopic (exact) mass is 455 g/mol. The molecule has 0 spiro atoms. The van der Waals surface area contributed by atoms with Crippen molar-refractivity contribution in [2.45, 2.75) is 39.5 Å². The van der Waals surface area contributed by atoms with Crippen LogP contribution in [0.2, 0.25) is 10.0 Å². The maximum absolute atomic E-state index is 13.4. The van der Waals surface area contributed by atoms with Gasteiger partial charge in [0.05, 0.1) is 0 Å². The quantitative estimate of drug-likeness (QED) is 0.628. The Balaban J connectivity index is 1.85. The summed E-state index contributed by atoms with van der Waals surface area (Å²) in [5.41, 5.74) is 3.10. The van der Waals surface area contributed by atoms with Crippen LogP contribution in [0.25, 0.3) is 0 Å². The third-order valence-corrected chi connectivity index (χ3v) is 6.23. The lowest BCUT2D eigenvalue weighted by Crippen LogP contribution is -2.39. The van der Waals surface area contributed by atoms with Gasteiger partial charge in [0.15, 0.2) is 5.78 Å². The Hall–Kier alpha value is -2.63. The number of hydrogen-bond acceptors (Lipinski definition) is 4. The number of carbonyl (C=O) groups excluding carboxylic acids is 2. The van der Waals surface area contributed by atoms with Crippen molar-refractivity contribution in [2.75, 3.05) is 5.32 Å². The predicted octanol–water partition coefficient (Wildman–Crippen LogP) is 5.63. The zero-order valence-corrected chi connectivity index (χ0v) is 19.1. The maximum atomic E-state index is 13.4. The van der Waals surface area contributed by atoms with Crippen molar-refractivity contribution in [3.05, 3.63) is 80.7 Å². The number of hydrogen-bond donors (Lipinski definition) is 2. The molecular formula is C24H23Cl2N3O2. The Morgan fingerprint density at radius 2 is 1.97 bits per heavy atom. The van der Waals surface area contributed by atoms with Gasteiger partial charge in [0.1, 0.15) is 5.82 Å². The zero-order chi connectivity index (χ0) is 22.3. The molecule has 1 aromatic heterocycles. The fourth-order valence-corrected chi connectivity index (χ4v) is 4.92. The van der Waals surface area contributed by atoms with Gasteiger partial charge in [-0.2, -0.15) is 0 Å². The van der Waals surface area contributed by atoms with Crippen molar-refractivity contribution in [1.82, 2.24) is 10.3 Å². The van der Waals surface area contributed by atoms with E-state index in [1.165, 1.54) is 0 Å². The Morgan fingerprint density at radius 3 is 2.65 bits per heavy atom. The van der Waals surface area contributed by atoms with Crippen LogP contribution in [0.3, 0.4) is 0 Å². The number of Topliss-reactive ketones (excluding diaryl/α,β-unsaturated/α-hetero) is 1. The molecular weight excluding hydrogens is 433 g/mol. The molecule has 0 unspecified atom stereocenters. The number of amides is 1. The van der Waals surface area contributed by atoms with Gasteiger partial charge in [-0.15, -0.1) is 0 Å². The number of anilines is 1. The normalized spacial score (nSPS) is 20.3. The van der Waals surface area contributed by atoms with Crippen molar-refractivity contribution >= 4 is 40.7 Å². The maximum Gasteiger partial charge on any atom is 0.255 e. The number of halogens is 2. The van der Waals surface area contributed by atoms with Gasteiger partial charge in [-0.05, 0) is 48.6 Å². The first-order valence-corrected chi connectivity index (χ1v) is 10.8. The van der Waals surface area contributed by atoms with Crippen LogP contribution in [-0.2, 0) is 9.59 Å². The van der Waals surface area contributed by atoms with Gasteiger partial charge in [-0.3, -0.25) is 9.59 Å². The van der Waals surface area contributed by atoms with E-state index in [2.05, 4.69) is 29.5 Å². The van der Waals surface area contributed by atoms with E-state index in [1.54, 1.807) is 42.6 Å². The van der Waals surface area contributed by atoms with Gasteiger partial charge in [-0.1, -0.05) is 49.2 Å². The molecule has 0 fully saturated rings. The summed E-state index contributed by atoms with van der Waals surface area (Å²) in [6, 6.07) is 10.4. The first-order chi connectivity index (χ1) is 14.7.